The van der Waals surface area contributed by atoms with Crippen LogP contribution in [0.1, 0.15) is 22.3 Å². The molecule has 121 heavy (non-hydrogen) atoms. The second kappa shape index (κ2) is 30.0. The number of para-hydroxylation sites is 1. The summed E-state index contributed by atoms with van der Waals surface area (Å²) in [6.45, 7) is 0. The van der Waals surface area contributed by atoms with Crippen LogP contribution in [0.5, 0.6) is 0 Å². The number of benzene rings is 19. The molecule has 0 bridgehead atoms. The van der Waals surface area contributed by atoms with Crippen LogP contribution in [0.15, 0.2) is 453 Å². The van der Waals surface area contributed by atoms with Gasteiger partial charge in [-0.25, -0.2) is 0 Å². The van der Waals surface area contributed by atoms with E-state index in [9.17, 15) is 0 Å². The van der Waals surface area contributed by atoms with E-state index in [0.29, 0.717) is 0 Å². The number of rotatable bonds is 14. The fraction of sp³-hybridized carbons (Fsp3) is 0.00870. The van der Waals surface area contributed by atoms with Crippen molar-refractivity contribution in [2.45, 2.75) is 5.41 Å². The quantitative estimate of drug-likeness (QED) is 0.108. The highest BCUT2D eigenvalue weighted by Crippen LogP contribution is 2.58. The lowest BCUT2D eigenvalue weighted by atomic mass is 9.67. The van der Waals surface area contributed by atoms with Gasteiger partial charge in [0.1, 0.15) is 11.2 Å². The number of furan rings is 1. The van der Waals surface area contributed by atoms with Crippen LogP contribution < -0.4 is 9.80 Å². The number of hydrogen-bond acceptors (Lipinski definition) is 6. The third kappa shape index (κ3) is 12.7. The second-order valence-electron chi connectivity index (χ2n) is 31.4. The van der Waals surface area contributed by atoms with Crippen LogP contribution in [-0.2, 0) is 5.41 Å². The molecule has 1 aliphatic rings. The summed E-state index contributed by atoms with van der Waals surface area (Å²) in [5, 5.41) is 10.2. The van der Waals surface area contributed by atoms with E-state index < -0.39 is 5.41 Å². The molecular weight excluding hydrogens is 1520 g/mol. The first kappa shape index (κ1) is 71.5. The fourth-order valence-corrected chi connectivity index (χ4v) is 21.9. The van der Waals surface area contributed by atoms with Gasteiger partial charge < -0.3 is 14.2 Å². The minimum absolute atomic E-state index is 0.501. The Balaban J connectivity index is 0.000000142. The van der Waals surface area contributed by atoms with Gasteiger partial charge in [0.15, 0.2) is 0 Å². The van der Waals surface area contributed by atoms with E-state index in [0.717, 1.165) is 67.2 Å². The van der Waals surface area contributed by atoms with Crippen LogP contribution in [0, 0.1) is 0 Å². The van der Waals surface area contributed by atoms with E-state index in [4.69, 9.17) is 4.42 Å². The van der Waals surface area contributed by atoms with Gasteiger partial charge in [0, 0.05) is 105 Å². The third-order valence-corrected chi connectivity index (χ3v) is 27.9. The SMILES string of the molecule is c1ccc(-c2cc(-c3ccccc3)cc(N(c3ccc(-c4ccc5oc6ccccc6c5c4)cc3)c3ccc(-c4ccc5sc6ccccc6c5c4)cc3)c2)cc1.c1ccc(C2(c3ccccc3)c3ccccc3-c3ccc(N(c4ccc(-c5ccc6sc7ccccc7c6c5)cc4)c4ccc(-c5ccc6sc7ccccc7c6c5)cc4)cc32)cc1. The second-order valence-corrected chi connectivity index (χ2v) is 34.6. The molecular formula is C115H74N2OS3. The molecule has 1 aliphatic carbocycles. The largest absolute Gasteiger partial charge is 0.456 e. The molecule has 0 N–H and O–H groups in total. The van der Waals surface area contributed by atoms with Crippen molar-refractivity contribution in [1.29, 1.82) is 0 Å². The van der Waals surface area contributed by atoms with Crippen LogP contribution in [0.4, 0.5) is 34.1 Å². The summed E-state index contributed by atoms with van der Waals surface area (Å²) in [5.74, 6) is 0. The Kier molecular flexibility index (Phi) is 17.7. The topological polar surface area (TPSA) is 19.6 Å². The summed E-state index contributed by atoms with van der Waals surface area (Å²) in [4.78, 5) is 4.82. The van der Waals surface area contributed by atoms with Crippen molar-refractivity contribution in [3.8, 4) is 77.9 Å². The van der Waals surface area contributed by atoms with Gasteiger partial charge in [0.25, 0.3) is 0 Å². The zero-order valence-electron chi connectivity index (χ0n) is 65.8. The van der Waals surface area contributed by atoms with Crippen molar-refractivity contribution >= 4 is 151 Å². The summed E-state index contributed by atoms with van der Waals surface area (Å²) in [6.07, 6.45) is 0. The number of anilines is 6. The minimum Gasteiger partial charge on any atom is -0.456 e. The molecule has 0 saturated heterocycles. The summed E-state index contributed by atoms with van der Waals surface area (Å²) in [7, 11) is 0. The highest BCUT2D eigenvalue weighted by atomic mass is 32.1. The lowest BCUT2D eigenvalue weighted by Gasteiger charge is -2.35. The predicted octanol–water partition coefficient (Wildman–Crippen LogP) is 33.7. The van der Waals surface area contributed by atoms with E-state index in [1.807, 2.05) is 46.1 Å². The van der Waals surface area contributed by atoms with Crippen molar-refractivity contribution in [3.05, 3.63) is 471 Å². The molecule has 0 spiro atoms. The maximum absolute atomic E-state index is 6.14. The molecule has 4 heterocycles. The molecule has 0 aliphatic heterocycles. The van der Waals surface area contributed by atoms with E-state index in [2.05, 4.69) is 447 Å². The first-order valence-corrected chi connectivity index (χ1v) is 43.7. The number of nitrogens with zero attached hydrogens (tertiary/aromatic N) is 2. The molecule has 568 valence electrons. The van der Waals surface area contributed by atoms with Gasteiger partial charge in [-0.1, -0.05) is 297 Å². The van der Waals surface area contributed by atoms with E-state index in [-0.39, 0.29) is 0 Å². The summed E-state index contributed by atoms with van der Waals surface area (Å²) < 4.78 is 14.1. The van der Waals surface area contributed by atoms with Gasteiger partial charge in [0.2, 0.25) is 0 Å². The Morgan fingerprint density at radius 2 is 0.488 bits per heavy atom. The van der Waals surface area contributed by atoms with Gasteiger partial charge in [0.05, 0.1) is 5.41 Å². The Morgan fingerprint density at radius 1 is 0.174 bits per heavy atom. The molecule has 23 aromatic rings. The summed E-state index contributed by atoms with van der Waals surface area (Å²) in [6, 6.07) is 164. The van der Waals surface area contributed by atoms with Gasteiger partial charge in [-0.15, -0.1) is 34.0 Å². The smallest absolute Gasteiger partial charge is 0.135 e. The molecule has 0 fully saturated rings. The van der Waals surface area contributed by atoms with Crippen LogP contribution >= 0.6 is 34.0 Å². The molecule has 24 rings (SSSR count). The van der Waals surface area contributed by atoms with Crippen molar-refractivity contribution in [2.75, 3.05) is 9.80 Å². The summed E-state index contributed by atoms with van der Waals surface area (Å²) in [5.41, 5.74) is 29.8. The zero-order valence-corrected chi connectivity index (χ0v) is 68.2. The maximum atomic E-state index is 6.14. The van der Waals surface area contributed by atoms with E-state index >= 15 is 0 Å². The average Bonchev–Trinajstić information content (AvgIpc) is 1.54. The molecule has 0 radical (unpaired) electrons. The number of fused-ring (bicyclic) bond motifs is 15. The van der Waals surface area contributed by atoms with E-state index in [1.54, 1.807) is 0 Å². The average molecular weight is 1600 g/mol. The van der Waals surface area contributed by atoms with Crippen LogP contribution in [0.25, 0.3) is 160 Å². The Labute approximate surface area is 713 Å². The fourth-order valence-electron chi connectivity index (χ4n) is 18.6. The Morgan fingerprint density at radius 3 is 0.934 bits per heavy atom. The van der Waals surface area contributed by atoms with Crippen LogP contribution in [-0.4, -0.2) is 0 Å². The predicted molar refractivity (Wildman–Crippen MR) is 518 cm³/mol. The third-order valence-electron chi connectivity index (χ3n) is 24.4. The van der Waals surface area contributed by atoms with Gasteiger partial charge in [-0.05, 0) is 252 Å². The molecule has 4 aromatic heterocycles. The first-order chi connectivity index (χ1) is 59.9. The molecule has 3 nitrogen and oxygen atoms in total. The van der Waals surface area contributed by atoms with Crippen molar-refractivity contribution in [3.63, 3.8) is 0 Å². The number of hydrogen-bond donors (Lipinski definition) is 0. The van der Waals surface area contributed by atoms with Crippen molar-refractivity contribution in [1.82, 2.24) is 0 Å². The van der Waals surface area contributed by atoms with Crippen molar-refractivity contribution < 1.29 is 4.42 Å². The lowest BCUT2D eigenvalue weighted by molar-refractivity contribution is 0.669. The van der Waals surface area contributed by atoms with Gasteiger partial charge >= 0.3 is 0 Å². The lowest BCUT2D eigenvalue weighted by Crippen LogP contribution is -2.28. The standard InChI is InChI=1S/C61H39NS2.C54H35NOS/c1-3-13-44(14-4-1)61(45-15-5-2-6-16-45)55-20-10-7-17-49(55)50-34-33-48(39-56(50)61)62(46-29-23-40(24-30-46)42-27-35-59-53(37-42)51-18-8-11-21-57(51)63-59)47-31-25-41(26-32-47)43-28-36-60-54(38-43)52-19-9-12-22-58(52)64-60;1-3-11-36(12-4-1)42-31-43(37-13-5-2-6-14-37)33-46(32-42)55(44-25-19-38(20-26-44)40-23-29-52-49(34-40)47-15-7-9-17-51(47)56-52)45-27-21-39(22-28-45)41-24-30-54-50(35-41)48-16-8-10-18-53(48)57-54/h1-39H;1-35H. The van der Waals surface area contributed by atoms with Gasteiger partial charge in [-0.2, -0.15) is 0 Å². The molecule has 0 unspecified atom stereocenters. The Hall–Kier alpha value is -14.8. The highest BCUT2D eigenvalue weighted by molar-refractivity contribution is 7.26. The normalized spacial score (nSPS) is 12.2. The molecule has 6 heteroatoms. The number of thiophene rings is 3. The molecule has 19 aromatic carbocycles. The minimum atomic E-state index is -0.501. The monoisotopic (exact) mass is 1590 g/mol. The summed E-state index contributed by atoms with van der Waals surface area (Å²) >= 11 is 5.58. The van der Waals surface area contributed by atoms with Crippen LogP contribution in [0.2, 0.25) is 0 Å². The maximum Gasteiger partial charge on any atom is 0.135 e. The van der Waals surface area contributed by atoms with Crippen molar-refractivity contribution in [2.24, 2.45) is 0 Å². The highest BCUT2D eigenvalue weighted by Gasteiger charge is 2.46. The molecule has 0 saturated carbocycles. The van der Waals surface area contributed by atoms with Gasteiger partial charge in [-0.3, -0.25) is 0 Å². The molecule has 0 amide bonds. The zero-order chi connectivity index (χ0) is 79.9. The molecule has 0 atom stereocenters. The Bertz CT molecular complexity index is 7450. The van der Waals surface area contributed by atoms with E-state index in [1.165, 1.54) is 150 Å². The first-order valence-electron chi connectivity index (χ1n) is 41.2. The van der Waals surface area contributed by atoms with Crippen LogP contribution in [0.3, 0.4) is 0 Å².